The number of primary amides is 1. The Balaban J connectivity index is 2.19. The molecule has 3 N–H and O–H groups in total. The molecule has 0 radical (unpaired) electrons. The van der Waals surface area contributed by atoms with Crippen LogP contribution in [0, 0.1) is 5.82 Å². The topological polar surface area (TPSA) is 97.0 Å². The molecule has 1 aromatic carbocycles. The summed E-state index contributed by atoms with van der Waals surface area (Å²) in [4.78, 5) is 23.8. The first-order valence-corrected chi connectivity index (χ1v) is 7.13. The lowest BCUT2D eigenvalue weighted by atomic mass is 10.1. The molecule has 2 rings (SSSR count). The predicted octanol–water partition coefficient (Wildman–Crippen LogP) is 0.397. The van der Waals surface area contributed by atoms with Gasteiger partial charge in [0.25, 0.3) is 5.91 Å². The average Bonchev–Trinajstić information content (AvgIpc) is 2.93. The van der Waals surface area contributed by atoms with E-state index in [9.17, 15) is 14.0 Å². The van der Waals surface area contributed by atoms with E-state index in [1.54, 1.807) is 6.92 Å². The molecule has 0 aliphatic carbocycles. The highest BCUT2D eigenvalue weighted by Gasteiger charge is 2.35. The van der Waals surface area contributed by atoms with Crippen LogP contribution >= 0.6 is 0 Å². The van der Waals surface area contributed by atoms with E-state index in [-0.39, 0.29) is 24.1 Å². The maximum absolute atomic E-state index is 13.0. The Hall–Kier alpha value is -2.48. The zero-order valence-corrected chi connectivity index (χ0v) is 13.0. The second kappa shape index (κ2) is 7.19. The van der Waals surface area contributed by atoms with Crippen LogP contribution in [0.3, 0.4) is 0 Å². The van der Waals surface area contributed by atoms with Gasteiger partial charge in [0.1, 0.15) is 17.6 Å². The first-order chi connectivity index (χ1) is 10.9. The van der Waals surface area contributed by atoms with E-state index in [4.69, 9.17) is 10.5 Å². The molecular formula is C15H19FN4O3. The number of hydrogen-bond donors (Lipinski definition) is 2. The van der Waals surface area contributed by atoms with Crippen LogP contribution in [0.1, 0.15) is 13.3 Å². The highest BCUT2D eigenvalue weighted by molar-refractivity contribution is 6.40. The van der Waals surface area contributed by atoms with Gasteiger partial charge in [0.05, 0.1) is 12.3 Å². The van der Waals surface area contributed by atoms with Crippen molar-refractivity contribution in [1.29, 1.82) is 0 Å². The molecule has 1 aliphatic rings. The maximum atomic E-state index is 13.0. The van der Waals surface area contributed by atoms with Crippen molar-refractivity contribution in [1.82, 2.24) is 5.32 Å². The predicted molar refractivity (Wildman–Crippen MR) is 83.4 cm³/mol. The number of nitrogens with zero attached hydrogens (tertiary/aromatic N) is 2. The van der Waals surface area contributed by atoms with Crippen LogP contribution in [0.2, 0.25) is 0 Å². The molecule has 0 saturated heterocycles. The van der Waals surface area contributed by atoms with Gasteiger partial charge in [-0.05, 0) is 31.2 Å². The summed E-state index contributed by atoms with van der Waals surface area (Å²) in [5.74, 6) is -1.39. The number of methoxy groups -OCH3 is 1. The summed E-state index contributed by atoms with van der Waals surface area (Å²) in [6.07, 6.45) is 0.0955. The monoisotopic (exact) mass is 322 g/mol. The summed E-state index contributed by atoms with van der Waals surface area (Å²) in [6.45, 7) is 2.15. The number of amides is 2. The Morgan fingerprint density at radius 2 is 2.13 bits per heavy atom. The van der Waals surface area contributed by atoms with Crippen LogP contribution in [0.4, 0.5) is 10.1 Å². The molecule has 0 spiro atoms. The third-order valence-electron chi connectivity index (χ3n) is 3.39. The van der Waals surface area contributed by atoms with Crippen LogP contribution in [0.25, 0.3) is 0 Å². The minimum absolute atomic E-state index is 0.0955. The molecule has 1 heterocycles. The minimum Gasteiger partial charge on any atom is -0.383 e. The van der Waals surface area contributed by atoms with Crippen LogP contribution in [0.5, 0.6) is 0 Å². The summed E-state index contributed by atoms with van der Waals surface area (Å²) in [5.41, 5.74) is 6.07. The summed E-state index contributed by atoms with van der Waals surface area (Å²) in [6, 6.07) is 4.48. The number of ether oxygens (including phenoxy) is 1. The lowest BCUT2D eigenvalue weighted by Crippen LogP contribution is -2.41. The molecule has 1 aliphatic heterocycles. The first kappa shape index (κ1) is 16.9. The van der Waals surface area contributed by atoms with Gasteiger partial charge in [-0.2, -0.15) is 5.10 Å². The fraction of sp³-hybridized carbons (Fsp3) is 0.400. The number of carbonyl (C=O) groups is 2. The minimum atomic E-state index is -0.779. The SMILES string of the molecule is COC[C@H](C)NC(=O)C1=NN(c2ccc(F)cc2)[C@H](C(N)=O)C1. The summed E-state index contributed by atoms with van der Waals surface area (Å²) < 4.78 is 18.0. The second-order valence-electron chi connectivity index (χ2n) is 5.32. The standard InChI is InChI=1S/C15H19FN4O3/c1-9(8-23-2)18-15(22)12-7-13(14(17)21)20(19-12)11-5-3-10(16)4-6-11/h3-6,9,13H,7-8H2,1-2H3,(H2,17,21)(H,18,22)/t9-,13-/m0/s1. The fourth-order valence-corrected chi connectivity index (χ4v) is 2.30. The van der Waals surface area contributed by atoms with E-state index < -0.39 is 17.8 Å². The number of carbonyl (C=O) groups excluding carboxylic acids is 2. The van der Waals surface area contributed by atoms with Gasteiger partial charge >= 0.3 is 0 Å². The molecular weight excluding hydrogens is 303 g/mol. The van der Waals surface area contributed by atoms with Gasteiger partial charge in [-0.25, -0.2) is 4.39 Å². The largest absolute Gasteiger partial charge is 0.383 e. The molecule has 23 heavy (non-hydrogen) atoms. The Kier molecular flexibility index (Phi) is 5.28. The molecule has 0 bridgehead atoms. The zero-order chi connectivity index (χ0) is 17.0. The normalized spacial score (nSPS) is 18.5. The molecule has 124 valence electrons. The highest BCUT2D eigenvalue weighted by atomic mass is 19.1. The van der Waals surface area contributed by atoms with Crippen LogP contribution in [0.15, 0.2) is 29.4 Å². The quantitative estimate of drug-likeness (QED) is 0.792. The van der Waals surface area contributed by atoms with E-state index in [1.165, 1.54) is 36.4 Å². The fourth-order valence-electron chi connectivity index (χ4n) is 2.30. The summed E-state index contributed by atoms with van der Waals surface area (Å²) in [5, 5.41) is 8.25. The molecule has 8 heteroatoms. The molecule has 0 fully saturated rings. The smallest absolute Gasteiger partial charge is 0.267 e. The number of anilines is 1. The Bertz CT molecular complexity index is 618. The summed E-state index contributed by atoms with van der Waals surface area (Å²) >= 11 is 0. The molecule has 0 unspecified atom stereocenters. The van der Waals surface area contributed by atoms with Crippen molar-refractivity contribution in [2.24, 2.45) is 10.8 Å². The average molecular weight is 322 g/mol. The number of nitrogens with two attached hydrogens (primary N) is 1. The van der Waals surface area contributed by atoms with Crippen molar-refractivity contribution in [2.75, 3.05) is 18.7 Å². The molecule has 2 amide bonds. The van der Waals surface area contributed by atoms with E-state index in [0.29, 0.717) is 12.3 Å². The van der Waals surface area contributed by atoms with Gasteiger partial charge in [-0.1, -0.05) is 0 Å². The van der Waals surface area contributed by atoms with E-state index >= 15 is 0 Å². The van der Waals surface area contributed by atoms with Crippen LogP contribution in [-0.2, 0) is 14.3 Å². The number of benzene rings is 1. The van der Waals surface area contributed by atoms with Crippen molar-refractivity contribution in [3.63, 3.8) is 0 Å². The van der Waals surface area contributed by atoms with Gasteiger partial charge in [-0.15, -0.1) is 0 Å². The van der Waals surface area contributed by atoms with Crippen molar-refractivity contribution in [2.45, 2.75) is 25.4 Å². The molecule has 1 aromatic rings. The van der Waals surface area contributed by atoms with Crippen LogP contribution in [-0.4, -0.2) is 43.3 Å². The Morgan fingerprint density at radius 1 is 1.48 bits per heavy atom. The number of nitrogens with one attached hydrogen (secondary N) is 1. The van der Waals surface area contributed by atoms with Crippen molar-refractivity contribution >= 4 is 23.2 Å². The third kappa shape index (κ3) is 4.04. The lowest BCUT2D eigenvalue weighted by molar-refractivity contribution is -0.119. The van der Waals surface area contributed by atoms with E-state index in [2.05, 4.69) is 10.4 Å². The number of hydrogen-bond acceptors (Lipinski definition) is 5. The van der Waals surface area contributed by atoms with Gasteiger partial charge in [0, 0.05) is 19.6 Å². The van der Waals surface area contributed by atoms with Crippen molar-refractivity contribution in [3.05, 3.63) is 30.1 Å². The first-order valence-electron chi connectivity index (χ1n) is 7.13. The third-order valence-corrected chi connectivity index (χ3v) is 3.39. The molecule has 0 aromatic heterocycles. The number of halogens is 1. The van der Waals surface area contributed by atoms with Gasteiger partial charge in [0.15, 0.2) is 0 Å². The molecule has 2 atom stereocenters. The second-order valence-corrected chi connectivity index (χ2v) is 5.32. The number of hydrazone groups is 1. The Morgan fingerprint density at radius 3 is 2.70 bits per heavy atom. The van der Waals surface area contributed by atoms with E-state index in [0.717, 1.165) is 0 Å². The van der Waals surface area contributed by atoms with Gasteiger partial charge < -0.3 is 15.8 Å². The van der Waals surface area contributed by atoms with E-state index in [1.807, 2.05) is 0 Å². The van der Waals surface area contributed by atoms with Crippen molar-refractivity contribution < 1.29 is 18.7 Å². The van der Waals surface area contributed by atoms with Crippen molar-refractivity contribution in [3.8, 4) is 0 Å². The molecule has 7 nitrogen and oxygen atoms in total. The lowest BCUT2D eigenvalue weighted by Gasteiger charge is -2.20. The molecule has 0 saturated carbocycles. The van der Waals surface area contributed by atoms with Gasteiger partial charge in [0.2, 0.25) is 5.91 Å². The van der Waals surface area contributed by atoms with Crippen LogP contribution < -0.4 is 16.1 Å². The Labute approximate surface area is 133 Å². The summed E-state index contributed by atoms with van der Waals surface area (Å²) in [7, 11) is 1.54. The highest BCUT2D eigenvalue weighted by Crippen LogP contribution is 2.24. The zero-order valence-electron chi connectivity index (χ0n) is 13.0. The number of rotatable bonds is 6. The van der Waals surface area contributed by atoms with Gasteiger partial charge in [-0.3, -0.25) is 14.6 Å². The maximum Gasteiger partial charge on any atom is 0.267 e.